The molecule has 0 unspecified atom stereocenters. The lowest BCUT2D eigenvalue weighted by molar-refractivity contribution is 0.415. The predicted molar refractivity (Wildman–Crippen MR) is 92.7 cm³/mol. The second-order valence-corrected chi connectivity index (χ2v) is 8.19. The first-order valence-corrected chi connectivity index (χ1v) is 9.76. The van der Waals surface area contributed by atoms with Gasteiger partial charge in [-0.05, 0) is 25.1 Å². The fourth-order valence-electron chi connectivity index (χ4n) is 1.53. The number of hydrogen-bond donors (Lipinski definition) is 3. The Morgan fingerprint density at radius 2 is 2.00 bits per heavy atom. The second-order valence-electron chi connectivity index (χ2n) is 4.52. The summed E-state index contributed by atoms with van der Waals surface area (Å²) >= 11 is 5.85. The number of aliphatic hydroxyl groups excluding tert-OH is 1. The first-order valence-electron chi connectivity index (χ1n) is 6.36. The van der Waals surface area contributed by atoms with Crippen molar-refractivity contribution in [2.75, 3.05) is 6.54 Å². The molecule has 0 aliphatic heterocycles. The fourth-order valence-corrected chi connectivity index (χ4v) is 3.85. The molecule has 132 valence electrons. The average molecular weight is 394 g/mol. The molecular weight excluding hydrogens is 378 g/mol. The third-order valence-electron chi connectivity index (χ3n) is 2.56. The Morgan fingerprint density at radius 1 is 1.38 bits per heavy atom. The zero-order valence-corrected chi connectivity index (χ0v) is 15.0. The third-order valence-corrected chi connectivity index (χ3v) is 5.38. The van der Waals surface area contributed by atoms with E-state index in [0.717, 1.165) is 18.3 Å². The van der Waals surface area contributed by atoms with Crippen molar-refractivity contribution in [3.63, 3.8) is 0 Å². The van der Waals surface area contributed by atoms with Gasteiger partial charge in [0.2, 0.25) is 20.0 Å². The minimum Gasteiger partial charge on any atom is -0.513 e. The van der Waals surface area contributed by atoms with Crippen LogP contribution in [0.1, 0.15) is 6.92 Å². The van der Waals surface area contributed by atoms with Crippen LogP contribution in [0, 0.1) is 0 Å². The molecule has 8 nitrogen and oxygen atoms in total. The summed E-state index contributed by atoms with van der Waals surface area (Å²) in [6, 6.07) is 1.88. The summed E-state index contributed by atoms with van der Waals surface area (Å²) in [6.07, 6.45) is 3.67. The molecule has 0 amide bonds. The van der Waals surface area contributed by atoms with E-state index < -0.39 is 29.8 Å². The minimum atomic E-state index is -4.24. The summed E-state index contributed by atoms with van der Waals surface area (Å²) in [5, 5.41) is 13.8. The molecule has 1 aromatic rings. The number of sulfonamides is 2. The van der Waals surface area contributed by atoms with Gasteiger partial charge in [0.25, 0.3) is 0 Å². The number of allylic oxidation sites excluding steroid dienone is 2. The summed E-state index contributed by atoms with van der Waals surface area (Å²) in [5.74, 6) is -0.0554. The Kier molecular flexibility index (Phi) is 6.69. The molecule has 0 heterocycles. The number of nitrogens with zero attached hydrogens (tertiary/aromatic N) is 1. The second kappa shape index (κ2) is 7.90. The lowest BCUT2D eigenvalue weighted by Gasteiger charge is -2.11. The lowest BCUT2D eigenvalue weighted by atomic mass is 10.3. The number of nitrogens with one attached hydrogen (secondary N) is 1. The van der Waals surface area contributed by atoms with Gasteiger partial charge in [0.15, 0.2) is 0 Å². The molecule has 0 fully saturated rings. The molecule has 4 N–H and O–H groups in total. The monoisotopic (exact) mass is 393 g/mol. The van der Waals surface area contributed by atoms with Crippen molar-refractivity contribution < 1.29 is 21.9 Å². The molecule has 0 spiro atoms. The van der Waals surface area contributed by atoms with Gasteiger partial charge in [-0.2, -0.15) is 0 Å². The number of halogens is 1. The highest BCUT2D eigenvalue weighted by atomic mass is 35.5. The Hall–Kier alpha value is -1.72. The molecular formula is C13H16ClN3O5S2. The van der Waals surface area contributed by atoms with Gasteiger partial charge in [-0.1, -0.05) is 17.7 Å². The summed E-state index contributed by atoms with van der Waals surface area (Å²) in [7, 11) is -8.34. The Bertz CT molecular complexity index is 902. The maximum Gasteiger partial charge on any atom is 0.243 e. The highest BCUT2D eigenvalue weighted by molar-refractivity contribution is 7.90. The Morgan fingerprint density at radius 3 is 2.50 bits per heavy atom. The Labute approximate surface area is 145 Å². The van der Waals surface area contributed by atoms with E-state index in [4.69, 9.17) is 21.8 Å². The molecule has 0 aliphatic carbocycles. The van der Waals surface area contributed by atoms with Crippen LogP contribution in [0.4, 0.5) is 5.69 Å². The van der Waals surface area contributed by atoms with Gasteiger partial charge in [0.05, 0.1) is 16.5 Å². The van der Waals surface area contributed by atoms with Crippen molar-refractivity contribution in [1.29, 1.82) is 0 Å². The van der Waals surface area contributed by atoms with E-state index in [0.29, 0.717) is 0 Å². The molecule has 0 radical (unpaired) electrons. The van der Waals surface area contributed by atoms with Crippen LogP contribution in [0.25, 0.3) is 0 Å². The van der Waals surface area contributed by atoms with Crippen LogP contribution < -0.4 is 9.86 Å². The smallest absolute Gasteiger partial charge is 0.243 e. The van der Waals surface area contributed by atoms with E-state index >= 15 is 0 Å². The van der Waals surface area contributed by atoms with E-state index in [9.17, 15) is 16.8 Å². The number of aliphatic hydroxyl groups is 1. The van der Waals surface area contributed by atoms with Crippen molar-refractivity contribution in [1.82, 2.24) is 4.72 Å². The van der Waals surface area contributed by atoms with Crippen molar-refractivity contribution in [2.24, 2.45) is 10.1 Å². The average Bonchev–Trinajstić information content (AvgIpc) is 2.43. The Balaban J connectivity index is 3.64. The summed E-state index contributed by atoms with van der Waals surface area (Å²) in [4.78, 5) is 2.90. The van der Waals surface area contributed by atoms with Crippen LogP contribution in [-0.2, 0) is 20.0 Å². The first-order chi connectivity index (χ1) is 11.0. The van der Waals surface area contributed by atoms with E-state index in [1.165, 1.54) is 19.1 Å². The normalized spacial score (nSPS) is 13.4. The molecule has 0 saturated carbocycles. The molecule has 0 atom stereocenters. The summed E-state index contributed by atoms with van der Waals surface area (Å²) in [6.45, 7) is 4.71. The van der Waals surface area contributed by atoms with Crippen molar-refractivity contribution in [3.8, 4) is 0 Å². The van der Waals surface area contributed by atoms with Gasteiger partial charge in [0.1, 0.15) is 9.79 Å². The molecule has 24 heavy (non-hydrogen) atoms. The van der Waals surface area contributed by atoms with Crippen molar-refractivity contribution >= 4 is 43.5 Å². The number of rotatable bonds is 7. The predicted octanol–water partition coefficient (Wildman–Crippen LogP) is 1.62. The number of aliphatic imine (C=N–C) groups is 1. The van der Waals surface area contributed by atoms with E-state index in [-0.39, 0.29) is 23.0 Å². The van der Waals surface area contributed by atoms with Crippen LogP contribution in [0.3, 0.4) is 0 Å². The van der Waals surface area contributed by atoms with Gasteiger partial charge in [-0.25, -0.2) is 26.7 Å². The summed E-state index contributed by atoms with van der Waals surface area (Å²) < 4.78 is 49.9. The van der Waals surface area contributed by atoms with Crippen LogP contribution in [0.2, 0.25) is 5.02 Å². The lowest BCUT2D eigenvalue weighted by Crippen LogP contribution is -2.24. The van der Waals surface area contributed by atoms with Crippen molar-refractivity contribution in [2.45, 2.75) is 16.7 Å². The number of benzene rings is 1. The highest BCUT2D eigenvalue weighted by Gasteiger charge is 2.24. The SMILES string of the molecule is C=CCNS(=O)(=O)c1cc(S(N)(=O)=O)c(Cl)cc1/N=C/C=C(\C)O. The van der Waals surface area contributed by atoms with Gasteiger partial charge in [0, 0.05) is 12.8 Å². The van der Waals surface area contributed by atoms with Crippen LogP contribution in [-0.4, -0.2) is 34.7 Å². The standard InChI is InChI=1S/C13H16ClN3O5S2/c1-3-5-17-24(21,22)13-8-12(23(15,19)20)10(14)7-11(13)16-6-4-9(2)18/h3-4,6-8,17-18H,1,5H2,2H3,(H2,15,19,20)/b9-4+,16-6+. The zero-order chi connectivity index (χ0) is 18.5. The first kappa shape index (κ1) is 20.3. The molecule has 1 aromatic carbocycles. The molecule has 0 aliphatic rings. The maximum absolute atomic E-state index is 12.3. The maximum atomic E-state index is 12.3. The van der Waals surface area contributed by atoms with Gasteiger partial charge in [-0.3, -0.25) is 4.99 Å². The molecule has 11 heteroatoms. The van der Waals surface area contributed by atoms with E-state index in [1.54, 1.807) is 0 Å². The van der Waals surface area contributed by atoms with E-state index in [2.05, 4.69) is 16.3 Å². The van der Waals surface area contributed by atoms with Crippen molar-refractivity contribution in [3.05, 3.63) is 41.6 Å². The third kappa shape index (κ3) is 5.42. The molecule has 0 aromatic heterocycles. The molecule has 1 rings (SSSR count). The largest absolute Gasteiger partial charge is 0.513 e. The number of hydrogen-bond acceptors (Lipinski definition) is 6. The van der Waals surface area contributed by atoms with Gasteiger partial charge in [-0.15, -0.1) is 6.58 Å². The molecule has 0 bridgehead atoms. The number of primary sulfonamides is 1. The topological polar surface area (TPSA) is 139 Å². The van der Waals surface area contributed by atoms with Gasteiger partial charge < -0.3 is 5.11 Å². The number of nitrogens with two attached hydrogens (primary N) is 1. The van der Waals surface area contributed by atoms with Crippen LogP contribution in [0.15, 0.2) is 51.4 Å². The quantitative estimate of drug-likeness (QED) is 0.367. The fraction of sp³-hybridized carbons (Fsp3) is 0.154. The zero-order valence-electron chi connectivity index (χ0n) is 12.6. The van der Waals surface area contributed by atoms with E-state index in [1.807, 2.05) is 0 Å². The van der Waals surface area contributed by atoms with Crippen LogP contribution >= 0.6 is 11.6 Å². The highest BCUT2D eigenvalue weighted by Crippen LogP contribution is 2.32. The molecule has 0 saturated heterocycles. The van der Waals surface area contributed by atoms with Crippen LogP contribution in [0.5, 0.6) is 0 Å². The summed E-state index contributed by atoms with van der Waals surface area (Å²) in [5.41, 5.74) is -0.124. The minimum absolute atomic E-state index is 0.0554. The van der Waals surface area contributed by atoms with Gasteiger partial charge >= 0.3 is 0 Å².